The van der Waals surface area contributed by atoms with Crippen LogP contribution < -0.4 is 5.73 Å². The number of rotatable bonds is 2. The molecule has 1 aromatic carbocycles. The summed E-state index contributed by atoms with van der Waals surface area (Å²) in [5, 5.41) is 0. The van der Waals surface area contributed by atoms with Crippen LogP contribution in [-0.2, 0) is 4.74 Å². The van der Waals surface area contributed by atoms with E-state index in [2.05, 4.69) is 0 Å². The summed E-state index contributed by atoms with van der Waals surface area (Å²) in [5.74, 6) is -1.18. The van der Waals surface area contributed by atoms with Gasteiger partial charge in [-0.05, 0) is 25.5 Å². The highest BCUT2D eigenvalue weighted by Crippen LogP contribution is 2.20. The summed E-state index contributed by atoms with van der Waals surface area (Å²) in [6.07, 6.45) is 0. The van der Waals surface area contributed by atoms with Crippen molar-refractivity contribution >= 4 is 11.7 Å². The SMILES string of the molecule is CCOC(=O)c1c(C)ccc(F)c1N. The van der Waals surface area contributed by atoms with Crippen LogP contribution in [0.2, 0.25) is 0 Å². The van der Waals surface area contributed by atoms with Gasteiger partial charge in [-0.25, -0.2) is 9.18 Å². The third-order valence-electron chi connectivity index (χ3n) is 1.88. The molecule has 1 aromatic rings. The summed E-state index contributed by atoms with van der Waals surface area (Å²) in [6, 6.07) is 2.73. The molecule has 0 saturated heterocycles. The molecule has 0 spiro atoms. The first-order chi connectivity index (χ1) is 6.57. The highest BCUT2D eigenvalue weighted by Gasteiger charge is 2.16. The van der Waals surface area contributed by atoms with E-state index < -0.39 is 11.8 Å². The smallest absolute Gasteiger partial charge is 0.340 e. The van der Waals surface area contributed by atoms with Crippen LogP contribution in [0.25, 0.3) is 0 Å². The number of hydrogen-bond donors (Lipinski definition) is 1. The fraction of sp³-hybridized carbons (Fsp3) is 0.300. The van der Waals surface area contributed by atoms with E-state index in [4.69, 9.17) is 10.5 Å². The molecule has 0 aliphatic rings. The molecular weight excluding hydrogens is 185 g/mol. The monoisotopic (exact) mass is 197 g/mol. The van der Waals surface area contributed by atoms with Gasteiger partial charge in [0, 0.05) is 0 Å². The predicted octanol–water partition coefficient (Wildman–Crippen LogP) is 1.89. The second kappa shape index (κ2) is 4.09. The van der Waals surface area contributed by atoms with Crippen LogP contribution in [0.4, 0.5) is 10.1 Å². The molecule has 0 fully saturated rings. The number of nitrogen functional groups attached to an aromatic ring is 1. The second-order valence-electron chi connectivity index (χ2n) is 2.87. The third kappa shape index (κ3) is 1.84. The van der Waals surface area contributed by atoms with Gasteiger partial charge in [-0.15, -0.1) is 0 Å². The molecule has 0 aromatic heterocycles. The van der Waals surface area contributed by atoms with Crippen molar-refractivity contribution in [2.45, 2.75) is 13.8 Å². The van der Waals surface area contributed by atoms with Gasteiger partial charge >= 0.3 is 5.97 Å². The van der Waals surface area contributed by atoms with Gasteiger partial charge in [-0.1, -0.05) is 6.07 Å². The van der Waals surface area contributed by atoms with Gasteiger partial charge in [0.15, 0.2) is 0 Å². The fourth-order valence-electron chi connectivity index (χ4n) is 1.18. The Morgan fingerprint density at radius 2 is 2.21 bits per heavy atom. The summed E-state index contributed by atoms with van der Waals surface area (Å²) in [5.41, 5.74) is 6.02. The van der Waals surface area contributed by atoms with E-state index in [0.717, 1.165) is 0 Å². The largest absolute Gasteiger partial charge is 0.462 e. The van der Waals surface area contributed by atoms with Crippen molar-refractivity contribution in [3.05, 3.63) is 29.1 Å². The Hall–Kier alpha value is -1.58. The number of aryl methyl sites for hydroxylation is 1. The van der Waals surface area contributed by atoms with Crippen LogP contribution >= 0.6 is 0 Å². The van der Waals surface area contributed by atoms with Gasteiger partial charge in [0.2, 0.25) is 0 Å². The molecule has 0 amide bonds. The van der Waals surface area contributed by atoms with Crippen molar-refractivity contribution < 1.29 is 13.9 Å². The number of nitrogens with two attached hydrogens (primary N) is 1. The molecule has 3 nitrogen and oxygen atoms in total. The zero-order valence-corrected chi connectivity index (χ0v) is 8.13. The summed E-state index contributed by atoms with van der Waals surface area (Å²) in [7, 11) is 0. The Morgan fingerprint density at radius 3 is 2.79 bits per heavy atom. The van der Waals surface area contributed by atoms with E-state index >= 15 is 0 Å². The number of halogens is 1. The van der Waals surface area contributed by atoms with Crippen molar-refractivity contribution in [1.82, 2.24) is 0 Å². The highest BCUT2D eigenvalue weighted by atomic mass is 19.1. The summed E-state index contributed by atoms with van der Waals surface area (Å²) < 4.78 is 17.8. The van der Waals surface area contributed by atoms with Crippen molar-refractivity contribution in [2.75, 3.05) is 12.3 Å². The van der Waals surface area contributed by atoms with Crippen molar-refractivity contribution in [3.63, 3.8) is 0 Å². The van der Waals surface area contributed by atoms with Crippen molar-refractivity contribution in [2.24, 2.45) is 0 Å². The number of hydrogen-bond acceptors (Lipinski definition) is 3. The molecule has 2 N–H and O–H groups in total. The maximum Gasteiger partial charge on any atom is 0.340 e. The zero-order valence-electron chi connectivity index (χ0n) is 8.13. The minimum atomic E-state index is -0.598. The van der Waals surface area contributed by atoms with Gasteiger partial charge < -0.3 is 10.5 Å². The van der Waals surface area contributed by atoms with Gasteiger partial charge in [-0.2, -0.15) is 0 Å². The molecule has 0 saturated carbocycles. The van der Waals surface area contributed by atoms with Gasteiger partial charge in [0.05, 0.1) is 17.9 Å². The average Bonchev–Trinajstić information content (AvgIpc) is 2.13. The molecule has 0 bridgehead atoms. The summed E-state index contributed by atoms with van der Waals surface area (Å²) in [6.45, 7) is 3.61. The number of benzene rings is 1. The fourth-order valence-corrected chi connectivity index (χ4v) is 1.18. The van der Waals surface area contributed by atoms with Crippen LogP contribution in [0, 0.1) is 12.7 Å². The predicted molar refractivity (Wildman–Crippen MR) is 51.5 cm³/mol. The quantitative estimate of drug-likeness (QED) is 0.581. The minimum Gasteiger partial charge on any atom is -0.462 e. The Balaban J connectivity index is 3.18. The maximum absolute atomic E-state index is 13.0. The average molecular weight is 197 g/mol. The first-order valence-corrected chi connectivity index (χ1v) is 4.29. The lowest BCUT2D eigenvalue weighted by Crippen LogP contribution is -2.11. The first kappa shape index (κ1) is 10.5. The molecule has 0 unspecified atom stereocenters. The lowest BCUT2D eigenvalue weighted by atomic mass is 10.1. The molecule has 1 rings (SSSR count). The van der Waals surface area contributed by atoms with Crippen LogP contribution in [0.5, 0.6) is 0 Å². The van der Waals surface area contributed by atoms with Gasteiger partial charge in [0.25, 0.3) is 0 Å². The van der Waals surface area contributed by atoms with Crippen LogP contribution in [-0.4, -0.2) is 12.6 Å². The third-order valence-corrected chi connectivity index (χ3v) is 1.88. The van der Waals surface area contributed by atoms with Crippen LogP contribution in [0.3, 0.4) is 0 Å². The standard InChI is InChI=1S/C10H12FNO2/c1-3-14-10(13)8-6(2)4-5-7(11)9(8)12/h4-5H,3,12H2,1-2H3. The maximum atomic E-state index is 13.0. The number of anilines is 1. The van der Waals surface area contributed by atoms with E-state index in [-0.39, 0.29) is 17.9 Å². The number of carbonyl (C=O) groups excluding carboxylic acids is 1. The Morgan fingerprint density at radius 1 is 1.57 bits per heavy atom. The number of carbonyl (C=O) groups is 1. The topological polar surface area (TPSA) is 52.3 Å². The molecular formula is C10H12FNO2. The number of ether oxygens (including phenoxy) is 1. The number of esters is 1. The van der Waals surface area contributed by atoms with Gasteiger partial charge in [-0.3, -0.25) is 0 Å². The first-order valence-electron chi connectivity index (χ1n) is 4.29. The van der Waals surface area contributed by atoms with Crippen molar-refractivity contribution in [3.8, 4) is 0 Å². The van der Waals surface area contributed by atoms with E-state index in [1.807, 2.05) is 0 Å². The molecule has 0 radical (unpaired) electrons. The van der Waals surface area contributed by atoms with Crippen LogP contribution in [0.15, 0.2) is 12.1 Å². The Labute approximate surface area is 81.7 Å². The molecule has 14 heavy (non-hydrogen) atoms. The minimum absolute atomic E-state index is 0.117. The molecule has 0 heterocycles. The highest BCUT2D eigenvalue weighted by molar-refractivity contribution is 5.96. The molecule has 4 heteroatoms. The molecule has 76 valence electrons. The van der Waals surface area contributed by atoms with E-state index in [1.165, 1.54) is 12.1 Å². The van der Waals surface area contributed by atoms with Gasteiger partial charge in [0.1, 0.15) is 5.82 Å². The molecule has 0 aliphatic carbocycles. The van der Waals surface area contributed by atoms with E-state index in [1.54, 1.807) is 13.8 Å². The Kier molecular flexibility index (Phi) is 3.06. The van der Waals surface area contributed by atoms with Crippen molar-refractivity contribution in [1.29, 1.82) is 0 Å². The summed E-state index contributed by atoms with van der Waals surface area (Å²) in [4.78, 5) is 11.4. The zero-order chi connectivity index (χ0) is 10.7. The van der Waals surface area contributed by atoms with E-state index in [9.17, 15) is 9.18 Å². The lowest BCUT2D eigenvalue weighted by molar-refractivity contribution is 0.0526. The van der Waals surface area contributed by atoms with E-state index in [0.29, 0.717) is 5.56 Å². The molecule has 0 atom stereocenters. The molecule has 0 aliphatic heterocycles. The second-order valence-corrected chi connectivity index (χ2v) is 2.87. The Bertz CT molecular complexity index is 363. The summed E-state index contributed by atoms with van der Waals surface area (Å²) >= 11 is 0. The van der Waals surface area contributed by atoms with Crippen LogP contribution in [0.1, 0.15) is 22.8 Å². The normalized spacial score (nSPS) is 9.93. The lowest BCUT2D eigenvalue weighted by Gasteiger charge is -2.08.